The number of anilines is 1. The van der Waals surface area contributed by atoms with Gasteiger partial charge in [-0.25, -0.2) is 0 Å². The molecule has 2 aliphatic rings. The number of carbonyl (C=O) groups is 3. The summed E-state index contributed by atoms with van der Waals surface area (Å²) in [7, 11) is 1.57. The lowest BCUT2D eigenvalue weighted by Crippen LogP contribution is -2.45. The van der Waals surface area contributed by atoms with Gasteiger partial charge in [-0.2, -0.15) is 15.0 Å². The lowest BCUT2D eigenvalue weighted by Gasteiger charge is -2.44. The van der Waals surface area contributed by atoms with Crippen LogP contribution in [-0.4, -0.2) is 34.5 Å². The normalized spacial score (nSPS) is 18.0. The number of methoxy groups -OCH3 is 1. The minimum Gasteiger partial charge on any atom is -0.497 e. The van der Waals surface area contributed by atoms with Crippen molar-refractivity contribution in [3.05, 3.63) is 88.5 Å². The fraction of sp³-hybridized carbons (Fsp3) is 0.303. The standard InChI is InChI=1S/C33H33N5O4/c1-19-28(22-10-8-7-9-11-22)32(38(36-19)21(3)40)37-26-16-33(4,5)17-27(41)30(26)29(23-12-14-24(42-6)15-13-23)25(18-34)31(37)35-20(2)39/h7-15,29H,16-17H2,1-6H3,(H,35,39). The average Bonchev–Trinajstić information content (AvgIpc) is 3.28. The van der Waals surface area contributed by atoms with Gasteiger partial charge in [0.15, 0.2) is 11.6 Å². The van der Waals surface area contributed by atoms with E-state index in [1.165, 1.54) is 18.5 Å². The van der Waals surface area contributed by atoms with E-state index in [0.717, 1.165) is 11.1 Å². The van der Waals surface area contributed by atoms with E-state index in [9.17, 15) is 19.6 Å². The first-order valence-electron chi connectivity index (χ1n) is 13.8. The highest BCUT2D eigenvalue weighted by atomic mass is 16.5. The number of aryl methyl sites for hydroxylation is 1. The first kappa shape index (κ1) is 28.6. The van der Waals surface area contributed by atoms with Crippen molar-refractivity contribution in [2.24, 2.45) is 5.41 Å². The molecule has 1 aliphatic carbocycles. The molecule has 0 radical (unpaired) electrons. The van der Waals surface area contributed by atoms with Crippen LogP contribution < -0.4 is 15.0 Å². The maximum absolute atomic E-state index is 14.1. The Morgan fingerprint density at radius 3 is 2.31 bits per heavy atom. The quantitative estimate of drug-likeness (QED) is 0.427. The second-order valence-corrected chi connectivity index (χ2v) is 11.5. The molecule has 1 atom stereocenters. The van der Waals surface area contributed by atoms with Crippen LogP contribution in [0.2, 0.25) is 0 Å². The molecule has 1 aliphatic heterocycles. The van der Waals surface area contributed by atoms with E-state index in [-0.39, 0.29) is 29.5 Å². The van der Waals surface area contributed by atoms with E-state index in [1.54, 1.807) is 24.1 Å². The van der Waals surface area contributed by atoms with Gasteiger partial charge < -0.3 is 10.1 Å². The first-order valence-corrected chi connectivity index (χ1v) is 13.8. The van der Waals surface area contributed by atoms with Crippen molar-refractivity contribution in [1.29, 1.82) is 5.26 Å². The van der Waals surface area contributed by atoms with Gasteiger partial charge in [0, 0.05) is 37.1 Å². The van der Waals surface area contributed by atoms with Crippen molar-refractivity contribution in [3.63, 3.8) is 0 Å². The number of hydrogen-bond acceptors (Lipinski definition) is 7. The average molecular weight is 564 g/mol. The molecule has 1 amide bonds. The summed E-state index contributed by atoms with van der Waals surface area (Å²) in [4.78, 5) is 41.6. The van der Waals surface area contributed by atoms with E-state index in [1.807, 2.05) is 63.2 Å². The Labute approximate surface area is 245 Å². The summed E-state index contributed by atoms with van der Waals surface area (Å²) in [6.45, 7) is 8.62. The van der Waals surface area contributed by atoms with Crippen LogP contribution >= 0.6 is 0 Å². The third-order valence-electron chi connectivity index (χ3n) is 7.70. The molecule has 214 valence electrons. The third kappa shape index (κ3) is 4.90. The number of rotatable bonds is 5. The predicted molar refractivity (Wildman–Crippen MR) is 158 cm³/mol. The van der Waals surface area contributed by atoms with Gasteiger partial charge >= 0.3 is 0 Å². The lowest BCUT2D eigenvalue weighted by atomic mass is 9.68. The zero-order valence-electron chi connectivity index (χ0n) is 24.6. The second kappa shape index (κ2) is 10.8. The molecule has 0 saturated heterocycles. The number of ether oxygens (including phenoxy) is 1. The molecule has 1 aromatic heterocycles. The van der Waals surface area contributed by atoms with Crippen molar-refractivity contribution in [3.8, 4) is 22.9 Å². The van der Waals surface area contributed by atoms with Crippen molar-refractivity contribution in [2.75, 3.05) is 12.0 Å². The highest BCUT2D eigenvalue weighted by molar-refractivity contribution is 6.03. The summed E-state index contributed by atoms with van der Waals surface area (Å²) in [6, 6.07) is 19.1. The van der Waals surface area contributed by atoms with Crippen molar-refractivity contribution in [1.82, 2.24) is 15.1 Å². The predicted octanol–water partition coefficient (Wildman–Crippen LogP) is 5.65. The molecular formula is C33H33N5O4. The largest absolute Gasteiger partial charge is 0.497 e. The van der Waals surface area contributed by atoms with Gasteiger partial charge in [0.25, 0.3) is 0 Å². The van der Waals surface area contributed by atoms with Crippen LogP contribution in [0, 0.1) is 23.7 Å². The smallest absolute Gasteiger partial charge is 0.245 e. The Hall–Kier alpha value is -4.97. The number of nitrogens with zero attached hydrogens (tertiary/aromatic N) is 4. The molecule has 3 aromatic rings. The van der Waals surface area contributed by atoms with Gasteiger partial charge in [0.05, 0.1) is 30.4 Å². The van der Waals surface area contributed by atoms with Gasteiger partial charge in [-0.3, -0.25) is 19.3 Å². The van der Waals surface area contributed by atoms with Crippen molar-refractivity contribution < 1.29 is 19.1 Å². The number of benzene rings is 2. The molecule has 0 spiro atoms. The molecule has 0 saturated carbocycles. The number of ketones is 1. The maximum atomic E-state index is 14.1. The first-order chi connectivity index (χ1) is 20.0. The zero-order chi connectivity index (χ0) is 30.3. The minimum absolute atomic E-state index is 0.0893. The number of Topliss-reactive ketones (excluding diaryl/α,β-unsaturated/α-hetero) is 1. The summed E-state index contributed by atoms with van der Waals surface area (Å²) in [5, 5.41) is 18.2. The van der Waals surface area contributed by atoms with Gasteiger partial charge in [0.1, 0.15) is 11.6 Å². The fourth-order valence-corrected chi connectivity index (χ4v) is 6.02. The lowest BCUT2D eigenvalue weighted by molar-refractivity contribution is -0.118. The SMILES string of the molecule is COc1ccc(C2C(C#N)=C(NC(C)=O)N(c3c(-c4ccccc4)c(C)nn3C(C)=O)C3=C2C(=O)CC(C)(C)C3)cc1. The summed E-state index contributed by atoms with van der Waals surface area (Å²) in [5.41, 5.74) is 3.64. The monoisotopic (exact) mass is 563 g/mol. The molecule has 9 heteroatoms. The minimum atomic E-state index is -0.729. The number of aromatic nitrogens is 2. The number of nitrogens with one attached hydrogen (secondary N) is 1. The summed E-state index contributed by atoms with van der Waals surface area (Å²) >= 11 is 0. The molecule has 2 aromatic carbocycles. The highest BCUT2D eigenvalue weighted by Crippen LogP contribution is 2.52. The summed E-state index contributed by atoms with van der Waals surface area (Å²) < 4.78 is 6.63. The third-order valence-corrected chi connectivity index (χ3v) is 7.70. The van der Waals surface area contributed by atoms with Crippen LogP contribution in [0.5, 0.6) is 5.75 Å². The molecule has 2 heterocycles. The van der Waals surface area contributed by atoms with Crippen molar-refractivity contribution in [2.45, 2.75) is 53.4 Å². The van der Waals surface area contributed by atoms with E-state index < -0.39 is 17.2 Å². The van der Waals surface area contributed by atoms with Crippen LogP contribution in [0.25, 0.3) is 11.1 Å². The maximum Gasteiger partial charge on any atom is 0.245 e. The molecule has 9 nitrogen and oxygen atoms in total. The molecule has 0 fully saturated rings. The van der Waals surface area contributed by atoms with E-state index in [4.69, 9.17) is 4.74 Å². The van der Waals surface area contributed by atoms with Gasteiger partial charge in [0.2, 0.25) is 11.8 Å². The van der Waals surface area contributed by atoms with Crippen molar-refractivity contribution >= 4 is 23.4 Å². The molecule has 1 unspecified atom stereocenters. The topological polar surface area (TPSA) is 117 Å². The van der Waals surface area contributed by atoms with E-state index in [0.29, 0.717) is 40.5 Å². The Balaban J connectivity index is 1.91. The summed E-state index contributed by atoms with van der Waals surface area (Å²) in [5.74, 6) is -0.352. The van der Waals surface area contributed by atoms with Crippen LogP contribution in [0.3, 0.4) is 0 Å². The molecular weight excluding hydrogens is 530 g/mol. The molecule has 5 rings (SSSR count). The molecule has 42 heavy (non-hydrogen) atoms. The van der Waals surface area contributed by atoms with Crippen LogP contribution in [-0.2, 0) is 9.59 Å². The highest BCUT2D eigenvalue weighted by Gasteiger charge is 2.47. The Kier molecular flexibility index (Phi) is 7.33. The Morgan fingerprint density at radius 1 is 1.07 bits per heavy atom. The number of carbonyl (C=O) groups excluding carboxylic acids is 3. The van der Waals surface area contributed by atoms with E-state index >= 15 is 0 Å². The Morgan fingerprint density at radius 2 is 1.74 bits per heavy atom. The van der Waals surface area contributed by atoms with E-state index in [2.05, 4.69) is 16.5 Å². The Bertz CT molecular complexity index is 1710. The number of hydrogen-bond donors (Lipinski definition) is 1. The number of allylic oxidation sites excluding steroid dienone is 3. The van der Waals surface area contributed by atoms with Crippen LogP contribution in [0.4, 0.5) is 5.82 Å². The van der Waals surface area contributed by atoms with Crippen LogP contribution in [0.1, 0.15) is 62.5 Å². The van der Waals surface area contributed by atoms with Gasteiger partial charge in [-0.15, -0.1) is 0 Å². The number of amides is 1. The summed E-state index contributed by atoms with van der Waals surface area (Å²) in [6.07, 6.45) is 0.746. The molecule has 0 bridgehead atoms. The van der Waals surface area contributed by atoms with Gasteiger partial charge in [-0.05, 0) is 42.0 Å². The number of nitriles is 1. The fourth-order valence-electron chi connectivity index (χ4n) is 6.02. The second-order valence-electron chi connectivity index (χ2n) is 11.5. The molecule has 1 N–H and O–H groups in total. The van der Waals surface area contributed by atoms with Gasteiger partial charge in [-0.1, -0.05) is 56.3 Å². The zero-order valence-corrected chi connectivity index (χ0v) is 24.6. The van der Waals surface area contributed by atoms with Crippen LogP contribution in [0.15, 0.2) is 77.3 Å².